The van der Waals surface area contributed by atoms with Crippen LogP contribution in [-0.4, -0.2) is 22.7 Å². The second-order valence-electron chi connectivity index (χ2n) is 2.98. The van der Waals surface area contributed by atoms with Gasteiger partial charge in [0.25, 0.3) is 0 Å². The highest BCUT2D eigenvalue weighted by atomic mass is 16.5. The van der Waals surface area contributed by atoms with E-state index in [1.165, 1.54) is 5.69 Å². The zero-order valence-corrected chi connectivity index (χ0v) is 6.58. The lowest BCUT2D eigenvalue weighted by atomic mass is 10.00. The first kappa shape index (κ1) is 6.85. The summed E-state index contributed by atoms with van der Waals surface area (Å²) >= 11 is 0. The first-order chi connectivity index (χ1) is 5.38. The van der Waals surface area contributed by atoms with Crippen LogP contribution in [0.3, 0.4) is 0 Å². The fraction of sp³-hybridized carbons (Fsp3) is 0.625. The van der Waals surface area contributed by atoms with Crippen LogP contribution in [0, 0.1) is 0 Å². The molecule has 3 heteroatoms. The van der Waals surface area contributed by atoms with Crippen molar-refractivity contribution in [1.29, 1.82) is 0 Å². The van der Waals surface area contributed by atoms with E-state index in [1.54, 1.807) is 6.33 Å². The van der Waals surface area contributed by atoms with Crippen LogP contribution < -0.4 is 0 Å². The molecule has 0 saturated carbocycles. The summed E-state index contributed by atoms with van der Waals surface area (Å²) in [6.45, 7) is 2.99. The minimum Gasteiger partial charge on any atom is -0.378 e. The summed E-state index contributed by atoms with van der Waals surface area (Å²) in [4.78, 5) is 7.11. The van der Waals surface area contributed by atoms with Crippen LogP contribution in [-0.2, 0) is 4.74 Å². The van der Waals surface area contributed by atoms with Gasteiger partial charge in [-0.3, -0.25) is 0 Å². The number of ether oxygens (including phenoxy) is 1. The van der Waals surface area contributed by atoms with Crippen molar-refractivity contribution in [2.75, 3.05) is 6.61 Å². The van der Waals surface area contributed by atoms with Crippen LogP contribution in [0.15, 0.2) is 12.5 Å². The number of rotatable bonds is 1. The van der Waals surface area contributed by atoms with Crippen molar-refractivity contribution >= 4 is 0 Å². The number of aromatic nitrogens is 2. The van der Waals surface area contributed by atoms with Gasteiger partial charge in [0.05, 0.1) is 12.4 Å². The second kappa shape index (κ2) is 2.66. The summed E-state index contributed by atoms with van der Waals surface area (Å²) < 4.78 is 5.44. The summed E-state index contributed by atoms with van der Waals surface area (Å²) in [6.07, 6.45) is 5.06. The molecule has 2 atom stereocenters. The normalized spacial score (nSPS) is 31.0. The molecule has 0 spiro atoms. The molecule has 1 aromatic heterocycles. The summed E-state index contributed by atoms with van der Waals surface area (Å²) in [5, 5.41) is 0. The molecule has 1 saturated heterocycles. The largest absolute Gasteiger partial charge is 0.378 e. The Balaban J connectivity index is 2.16. The maximum Gasteiger partial charge on any atom is 0.0921 e. The minimum absolute atomic E-state index is 0.343. The van der Waals surface area contributed by atoms with E-state index in [4.69, 9.17) is 4.74 Å². The number of aromatic amines is 1. The molecule has 0 bridgehead atoms. The average Bonchev–Trinajstić information content (AvgIpc) is 2.55. The number of H-pyrrole nitrogens is 1. The first-order valence-electron chi connectivity index (χ1n) is 3.98. The molecule has 1 aromatic rings. The SMILES string of the molecule is CC1OCCC1c1cnc[nH]1. The van der Waals surface area contributed by atoms with Crippen LogP contribution in [0.25, 0.3) is 0 Å². The zero-order chi connectivity index (χ0) is 7.68. The molecule has 60 valence electrons. The molecule has 11 heavy (non-hydrogen) atoms. The monoisotopic (exact) mass is 152 g/mol. The Morgan fingerprint density at radius 2 is 2.64 bits per heavy atom. The molecule has 0 amide bonds. The van der Waals surface area contributed by atoms with Gasteiger partial charge in [-0.25, -0.2) is 4.98 Å². The van der Waals surface area contributed by atoms with E-state index in [0.29, 0.717) is 12.0 Å². The Hall–Kier alpha value is -0.830. The molecule has 1 aliphatic rings. The summed E-state index contributed by atoms with van der Waals surface area (Å²) in [6, 6.07) is 0. The van der Waals surface area contributed by atoms with Crippen molar-refractivity contribution in [2.45, 2.75) is 25.4 Å². The predicted octanol–water partition coefficient (Wildman–Crippen LogP) is 1.30. The highest BCUT2D eigenvalue weighted by molar-refractivity contribution is 5.07. The lowest BCUT2D eigenvalue weighted by molar-refractivity contribution is 0.118. The number of nitrogens with one attached hydrogen (secondary N) is 1. The van der Waals surface area contributed by atoms with Crippen LogP contribution in [0.5, 0.6) is 0 Å². The molecule has 0 aromatic carbocycles. The van der Waals surface area contributed by atoms with E-state index in [0.717, 1.165) is 13.0 Å². The third-order valence-electron chi connectivity index (χ3n) is 2.30. The first-order valence-corrected chi connectivity index (χ1v) is 3.98. The second-order valence-corrected chi connectivity index (χ2v) is 2.98. The molecule has 2 heterocycles. The van der Waals surface area contributed by atoms with Crippen LogP contribution >= 0.6 is 0 Å². The van der Waals surface area contributed by atoms with Crippen molar-refractivity contribution in [1.82, 2.24) is 9.97 Å². The van der Waals surface area contributed by atoms with Gasteiger partial charge in [-0.1, -0.05) is 0 Å². The lowest BCUT2D eigenvalue weighted by Crippen LogP contribution is -2.09. The van der Waals surface area contributed by atoms with Crippen molar-refractivity contribution in [3.05, 3.63) is 18.2 Å². The highest BCUT2D eigenvalue weighted by Crippen LogP contribution is 2.28. The van der Waals surface area contributed by atoms with Gasteiger partial charge in [0.1, 0.15) is 0 Å². The smallest absolute Gasteiger partial charge is 0.0921 e. The van der Waals surface area contributed by atoms with Gasteiger partial charge in [-0.15, -0.1) is 0 Å². The van der Waals surface area contributed by atoms with Gasteiger partial charge >= 0.3 is 0 Å². The molecule has 3 nitrogen and oxygen atoms in total. The van der Waals surface area contributed by atoms with E-state index < -0.39 is 0 Å². The van der Waals surface area contributed by atoms with E-state index in [1.807, 2.05) is 6.20 Å². The van der Waals surface area contributed by atoms with Crippen molar-refractivity contribution < 1.29 is 4.74 Å². The highest BCUT2D eigenvalue weighted by Gasteiger charge is 2.26. The topological polar surface area (TPSA) is 37.9 Å². The van der Waals surface area contributed by atoms with Gasteiger partial charge in [0, 0.05) is 24.4 Å². The minimum atomic E-state index is 0.343. The molecule has 2 rings (SSSR count). The van der Waals surface area contributed by atoms with Gasteiger partial charge in [-0.05, 0) is 13.3 Å². The van der Waals surface area contributed by atoms with E-state index >= 15 is 0 Å². The Morgan fingerprint density at radius 1 is 1.73 bits per heavy atom. The fourth-order valence-corrected chi connectivity index (χ4v) is 1.61. The Morgan fingerprint density at radius 3 is 3.18 bits per heavy atom. The summed E-state index contributed by atoms with van der Waals surface area (Å²) in [7, 11) is 0. The Labute approximate surface area is 65.8 Å². The summed E-state index contributed by atoms with van der Waals surface area (Å²) in [5.41, 5.74) is 1.20. The van der Waals surface area contributed by atoms with Gasteiger partial charge in [0.15, 0.2) is 0 Å². The van der Waals surface area contributed by atoms with E-state index in [9.17, 15) is 0 Å². The summed E-state index contributed by atoms with van der Waals surface area (Å²) in [5.74, 6) is 0.525. The fourth-order valence-electron chi connectivity index (χ4n) is 1.61. The van der Waals surface area contributed by atoms with Crippen LogP contribution in [0.2, 0.25) is 0 Å². The van der Waals surface area contributed by atoms with Crippen molar-refractivity contribution in [3.63, 3.8) is 0 Å². The molecule has 2 unspecified atom stereocenters. The number of hydrogen-bond acceptors (Lipinski definition) is 2. The maximum atomic E-state index is 5.44. The molecule has 0 radical (unpaired) electrons. The van der Waals surface area contributed by atoms with Gasteiger partial charge < -0.3 is 9.72 Å². The average molecular weight is 152 g/mol. The number of nitrogens with zero attached hydrogens (tertiary/aromatic N) is 1. The Bertz CT molecular complexity index is 220. The van der Waals surface area contributed by atoms with E-state index in [-0.39, 0.29) is 0 Å². The number of imidazole rings is 1. The standard InChI is InChI=1S/C8H12N2O/c1-6-7(2-3-11-6)8-4-9-5-10-8/h4-7H,2-3H2,1H3,(H,9,10). The van der Waals surface area contributed by atoms with Crippen LogP contribution in [0.4, 0.5) is 0 Å². The zero-order valence-electron chi connectivity index (χ0n) is 6.58. The van der Waals surface area contributed by atoms with Crippen LogP contribution in [0.1, 0.15) is 25.0 Å². The van der Waals surface area contributed by atoms with E-state index in [2.05, 4.69) is 16.9 Å². The molecule has 0 aliphatic carbocycles. The molecule has 1 fully saturated rings. The quantitative estimate of drug-likeness (QED) is 0.658. The Kier molecular flexibility index (Phi) is 1.66. The molecule has 1 N–H and O–H groups in total. The van der Waals surface area contributed by atoms with Crippen molar-refractivity contribution in [2.24, 2.45) is 0 Å². The molecular formula is C8H12N2O. The van der Waals surface area contributed by atoms with Gasteiger partial charge in [-0.2, -0.15) is 0 Å². The lowest BCUT2D eigenvalue weighted by Gasteiger charge is -2.10. The van der Waals surface area contributed by atoms with Gasteiger partial charge in [0.2, 0.25) is 0 Å². The third kappa shape index (κ3) is 1.16. The number of hydrogen-bond donors (Lipinski definition) is 1. The third-order valence-corrected chi connectivity index (χ3v) is 2.30. The molecular weight excluding hydrogens is 140 g/mol. The predicted molar refractivity (Wildman–Crippen MR) is 41.4 cm³/mol. The maximum absolute atomic E-state index is 5.44. The van der Waals surface area contributed by atoms with Crippen molar-refractivity contribution in [3.8, 4) is 0 Å². The molecule has 1 aliphatic heterocycles.